The van der Waals surface area contributed by atoms with Crippen molar-refractivity contribution in [3.63, 3.8) is 0 Å². The molecule has 1 heterocycles. The van der Waals surface area contributed by atoms with Crippen molar-refractivity contribution in [2.45, 2.75) is 18.9 Å². The number of aromatic nitrogens is 2. The van der Waals surface area contributed by atoms with E-state index in [1.54, 1.807) is 0 Å². The fourth-order valence-electron chi connectivity index (χ4n) is 1.62. The molecule has 2 rings (SSSR count). The summed E-state index contributed by atoms with van der Waals surface area (Å²) in [7, 11) is 2.01. The maximum Gasteiger partial charge on any atom is 0.0948 e. The summed E-state index contributed by atoms with van der Waals surface area (Å²) in [5.74, 6) is 0. The van der Waals surface area contributed by atoms with Crippen LogP contribution in [0.2, 0.25) is 0 Å². The van der Waals surface area contributed by atoms with Gasteiger partial charge in [-0.3, -0.25) is 0 Å². The van der Waals surface area contributed by atoms with E-state index in [-0.39, 0.29) is 24.8 Å². The molecule has 14 heavy (non-hydrogen) atoms. The van der Waals surface area contributed by atoms with Crippen LogP contribution in [0.4, 0.5) is 0 Å². The minimum atomic E-state index is 0. The number of hydrogen-bond acceptors (Lipinski definition) is 2. The highest BCUT2D eigenvalue weighted by Gasteiger charge is 2.15. The molecule has 5 heteroatoms. The summed E-state index contributed by atoms with van der Waals surface area (Å²) in [4.78, 5) is 4.07. The van der Waals surface area contributed by atoms with E-state index < -0.39 is 0 Å². The van der Waals surface area contributed by atoms with Crippen LogP contribution in [0.5, 0.6) is 0 Å². The van der Waals surface area contributed by atoms with Gasteiger partial charge >= 0.3 is 0 Å². The van der Waals surface area contributed by atoms with Gasteiger partial charge in [0.05, 0.1) is 18.2 Å². The van der Waals surface area contributed by atoms with Crippen LogP contribution in [0.1, 0.15) is 18.5 Å². The zero-order valence-electron chi connectivity index (χ0n) is 8.01. The number of hydrogen-bond donors (Lipinski definition) is 1. The number of rotatable bonds is 1. The highest BCUT2D eigenvalue weighted by atomic mass is 35.5. The van der Waals surface area contributed by atoms with Crippen molar-refractivity contribution in [2.75, 3.05) is 0 Å². The van der Waals surface area contributed by atoms with Crippen LogP contribution in [0.3, 0.4) is 0 Å². The second kappa shape index (κ2) is 5.39. The van der Waals surface area contributed by atoms with E-state index in [0.717, 1.165) is 12.8 Å². The molecule has 80 valence electrons. The summed E-state index contributed by atoms with van der Waals surface area (Å²) in [6.07, 6.45) is 7.91. The number of nitrogens with two attached hydrogens (primary N) is 1. The van der Waals surface area contributed by atoms with E-state index >= 15 is 0 Å². The Morgan fingerprint density at radius 1 is 1.50 bits per heavy atom. The van der Waals surface area contributed by atoms with Gasteiger partial charge in [-0.2, -0.15) is 0 Å². The molecule has 2 N–H and O–H groups in total. The molecule has 0 radical (unpaired) electrons. The van der Waals surface area contributed by atoms with Gasteiger partial charge in [-0.25, -0.2) is 4.98 Å². The molecule has 0 bridgehead atoms. The van der Waals surface area contributed by atoms with Crippen molar-refractivity contribution >= 4 is 30.4 Å². The zero-order valence-corrected chi connectivity index (χ0v) is 9.64. The molecule has 0 saturated heterocycles. The summed E-state index contributed by atoms with van der Waals surface area (Å²) < 4.78 is 2.03. The predicted molar refractivity (Wildman–Crippen MR) is 62.9 cm³/mol. The molecule has 3 nitrogen and oxygen atoms in total. The third kappa shape index (κ3) is 2.50. The van der Waals surface area contributed by atoms with Gasteiger partial charge in [0, 0.05) is 13.1 Å². The molecule has 0 aromatic carbocycles. The maximum atomic E-state index is 5.80. The number of imidazole rings is 1. The van der Waals surface area contributed by atoms with Gasteiger partial charge in [0.2, 0.25) is 0 Å². The molecular weight excluding hydrogens is 221 g/mol. The van der Waals surface area contributed by atoms with Gasteiger partial charge in [-0.05, 0) is 18.4 Å². The highest BCUT2D eigenvalue weighted by molar-refractivity contribution is 5.85. The normalized spacial score (nSPS) is 19.6. The highest BCUT2D eigenvalue weighted by Crippen LogP contribution is 2.25. The zero-order chi connectivity index (χ0) is 8.55. The Morgan fingerprint density at radius 2 is 2.21 bits per heavy atom. The minimum absolute atomic E-state index is 0. The third-order valence-corrected chi connectivity index (χ3v) is 2.29. The van der Waals surface area contributed by atoms with Gasteiger partial charge in [-0.1, -0.05) is 6.08 Å². The second-order valence-electron chi connectivity index (χ2n) is 3.32. The fraction of sp³-hybridized carbons (Fsp3) is 0.444. The Hall–Kier alpha value is -0.510. The predicted octanol–water partition coefficient (Wildman–Crippen LogP) is 1.77. The minimum Gasteiger partial charge on any atom is -0.334 e. The largest absolute Gasteiger partial charge is 0.334 e. The first-order chi connectivity index (χ1) is 5.77. The molecular formula is C9H15Cl2N3. The average Bonchev–Trinajstić information content (AvgIpc) is 2.58. The molecule has 1 aliphatic carbocycles. The number of aryl methyl sites for hydroxylation is 1. The molecule has 0 aliphatic heterocycles. The lowest BCUT2D eigenvalue weighted by molar-refractivity contribution is 0.734. The van der Waals surface area contributed by atoms with Gasteiger partial charge in [0.25, 0.3) is 0 Å². The van der Waals surface area contributed by atoms with Crippen LogP contribution in [0.25, 0.3) is 5.57 Å². The molecule has 0 fully saturated rings. The lowest BCUT2D eigenvalue weighted by Gasteiger charge is -2.03. The molecule has 1 aliphatic rings. The van der Waals surface area contributed by atoms with E-state index in [9.17, 15) is 0 Å². The Balaban J connectivity index is 0.000000845. The van der Waals surface area contributed by atoms with E-state index in [1.807, 2.05) is 24.1 Å². The van der Waals surface area contributed by atoms with Crippen LogP contribution < -0.4 is 5.73 Å². The Morgan fingerprint density at radius 3 is 2.64 bits per heavy atom. The summed E-state index contributed by atoms with van der Waals surface area (Å²) in [6.45, 7) is 0. The van der Waals surface area contributed by atoms with Gasteiger partial charge in [-0.15, -0.1) is 24.8 Å². The van der Waals surface area contributed by atoms with Crippen molar-refractivity contribution < 1.29 is 0 Å². The molecule has 1 aromatic rings. The van der Waals surface area contributed by atoms with Crippen molar-refractivity contribution in [2.24, 2.45) is 12.8 Å². The Labute approximate surface area is 96.2 Å². The number of nitrogens with zero attached hydrogens (tertiary/aromatic N) is 2. The quantitative estimate of drug-likeness (QED) is 0.807. The van der Waals surface area contributed by atoms with Crippen molar-refractivity contribution in [3.05, 3.63) is 24.3 Å². The Bertz CT molecular complexity index is 320. The molecule has 0 amide bonds. The summed E-state index contributed by atoms with van der Waals surface area (Å²) in [6, 6.07) is 0.315. The molecule has 1 aromatic heterocycles. The topological polar surface area (TPSA) is 43.8 Å². The number of halogens is 2. The second-order valence-corrected chi connectivity index (χ2v) is 3.32. The van der Waals surface area contributed by atoms with Gasteiger partial charge in [0.1, 0.15) is 0 Å². The average molecular weight is 236 g/mol. The van der Waals surface area contributed by atoms with E-state index in [4.69, 9.17) is 5.73 Å². The Kier molecular flexibility index (Phi) is 5.19. The van der Waals surface area contributed by atoms with Crippen LogP contribution in [-0.2, 0) is 7.05 Å². The molecule has 1 atom stereocenters. The monoisotopic (exact) mass is 235 g/mol. The van der Waals surface area contributed by atoms with Gasteiger partial charge < -0.3 is 10.3 Å². The van der Waals surface area contributed by atoms with E-state index in [2.05, 4.69) is 11.1 Å². The lowest BCUT2D eigenvalue weighted by atomic mass is 10.1. The summed E-state index contributed by atoms with van der Waals surface area (Å²) >= 11 is 0. The van der Waals surface area contributed by atoms with Crippen LogP contribution in [-0.4, -0.2) is 15.6 Å². The first kappa shape index (κ1) is 13.5. The van der Waals surface area contributed by atoms with Crippen molar-refractivity contribution in [3.8, 4) is 0 Å². The summed E-state index contributed by atoms with van der Waals surface area (Å²) in [5, 5.41) is 0. The first-order valence-corrected chi connectivity index (χ1v) is 4.18. The van der Waals surface area contributed by atoms with Crippen LogP contribution in [0.15, 0.2) is 18.6 Å². The van der Waals surface area contributed by atoms with Gasteiger partial charge in [0.15, 0.2) is 0 Å². The van der Waals surface area contributed by atoms with Crippen molar-refractivity contribution in [1.29, 1.82) is 0 Å². The van der Waals surface area contributed by atoms with E-state index in [0.29, 0.717) is 6.04 Å². The molecule has 0 saturated carbocycles. The van der Waals surface area contributed by atoms with Crippen LogP contribution >= 0.6 is 24.8 Å². The summed E-state index contributed by atoms with van der Waals surface area (Å²) in [5.41, 5.74) is 8.33. The van der Waals surface area contributed by atoms with E-state index in [1.165, 1.54) is 11.3 Å². The first-order valence-electron chi connectivity index (χ1n) is 4.18. The standard InChI is InChI=1S/C9H13N3.2ClH/c1-12-6-11-5-9(12)7-2-3-8(10)4-7;;/h2,5-6,8H,3-4,10H2,1H3;2*1H. The van der Waals surface area contributed by atoms with Crippen LogP contribution in [0, 0.1) is 0 Å². The van der Waals surface area contributed by atoms with Crippen molar-refractivity contribution in [1.82, 2.24) is 9.55 Å². The SMILES string of the molecule is Cl.Cl.Cn1cncc1C1=CCC(N)C1. The third-order valence-electron chi connectivity index (χ3n) is 2.29. The lowest BCUT2D eigenvalue weighted by Crippen LogP contribution is -2.14. The maximum absolute atomic E-state index is 5.80. The molecule has 1 unspecified atom stereocenters. The molecule has 0 spiro atoms. The smallest absolute Gasteiger partial charge is 0.0948 e. The fourth-order valence-corrected chi connectivity index (χ4v) is 1.62.